The Morgan fingerprint density at radius 2 is 2.29 bits per heavy atom. The van der Waals surface area contributed by atoms with Gasteiger partial charge in [-0.25, -0.2) is 0 Å². The molecule has 1 spiro atoms. The molecule has 0 aromatic carbocycles. The van der Waals surface area contributed by atoms with Gasteiger partial charge in [-0.1, -0.05) is 0 Å². The molecule has 17 heavy (non-hydrogen) atoms. The Morgan fingerprint density at radius 3 is 3.00 bits per heavy atom. The fraction of sp³-hybridized carbons (Fsp3) is 0.750. The van der Waals surface area contributed by atoms with Gasteiger partial charge in [0.2, 0.25) is 0 Å². The topological polar surface area (TPSA) is 47.3 Å². The van der Waals surface area contributed by atoms with Crippen LogP contribution in [0.2, 0.25) is 0 Å². The van der Waals surface area contributed by atoms with Crippen LogP contribution in [-0.2, 0) is 4.74 Å². The normalized spacial score (nSPS) is 28.4. The molecular weight excluding hydrogens is 236 g/mol. The quantitative estimate of drug-likeness (QED) is 0.834. The summed E-state index contributed by atoms with van der Waals surface area (Å²) in [5, 5.41) is 13.6. The smallest absolute Gasteiger partial charge is 0.153 e. The van der Waals surface area contributed by atoms with Crippen LogP contribution < -0.4 is 0 Å². The molecule has 1 aromatic rings. The first-order valence-electron chi connectivity index (χ1n) is 6.22. The second-order valence-electron chi connectivity index (χ2n) is 4.97. The van der Waals surface area contributed by atoms with Gasteiger partial charge in [0.25, 0.3) is 0 Å². The highest BCUT2D eigenvalue weighted by molar-refractivity contribution is 7.99. The van der Waals surface area contributed by atoms with Gasteiger partial charge in [0.05, 0.1) is 24.0 Å². The first-order chi connectivity index (χ1) is 8.27. The molecule has 2 fully saturated rings. The molecule has 1 aromatic heterocycles. The van der Waals surface area contributed by atoms with Crippen molar-refractivity contribution in [2.24, 2.45) is 0 Å². The molecule has 5 heteroatoms. The molecule has 1 N–H and O–H groups in total. The average Bonchev–Trinajstić information content (AvgIpc) is 2.77. The molecule has 0 aliphatic carbocycles. The van der Waals surface area contributed by atoms with Gasteiger partial charge in [-0.3, -0.25) is 4.68 Å². The fourth-order valence-electron chi connectivity index (χ4n) is 2.85. The molecule has 3 heterocycles. The lowest BCUT2D eigenvalue weighted by Gasteiger charge is -2.43. The maximum absolute atomic E-state index is 9.37. The molecule has 2 aliphatic rings. The lowest BCUT2D eigenvalue weighted by Crippen LogP contribution is -2.43. The lowest BCUT2D eigenvalue weighted by molar-refractivity contribution is -0.100. The third kappa shape index (κ3) is 2.31. The van der Waals surface area contributed by atoms with Crippen molar-refractivity contribution < 1.29 is 9.84 Å². The highest BCUT2D eigenvalue weighted by Crippen LogP contribution is 2.41. The molecule has 0 bridgehead atoms. The van der Waals surface area contributed by atoms with E-state index in [2.05, 4.69) is 5.10 Å². The van der Waals surface area contributed by atoms with Crippen molar-refractivity contribution in [2.45, 2.75) is 37.3 Å². The van der Waals surface area contributed by atoms with Crippen molar-refractivity contribution in [3.05, 3.63) is 12.4 Å². The SMILES string of the molecule is Oc1cnn(C2CCOC3(CCSCC3)C2)c1. The third-order valence-electron chi connectivity index (χ3n) is 3.83. The number of ether oxygens (including phenoxy) is 1. The van der Waals surface area contributed by atoms with E-state index >= 15 is 0 Å². The Labute approximate surface area is 105 Å². The molecule has 94 valence electrons. The van der Waals surface area contributed by atoms with E-state index < -0.39 is 0 Å². The predicted molar refractivity (Wildman–Crippen MR) is 67.4 cm³/mol. The second-order valence-corrected chi connectivity index (χ2v) is 6.19. The largest absolute Gasteiger partial charge is 0.505 e. The van der Waals surface area contributed by atoms with Crippen molar-refractivity contribution in [1.29, 1.82) is 0 Å². The Bertz CT molecular complexity index is 382. The third-order valence-corrected chi connectivity index (χ3v) is 4.82. The van der Waals surface area contributed by atoms with Crippen LogP contribution in [0.15, 0.2) is 12.4 Å². The van der Waals surface area contributed by atoms with Crippen LogP contribution in [0.1, 0.15) is 31.7 Å². The molecule has 0 saturated carbocycles. The number of hydrogen-bond acceptors (Lipinski definition) is 4. The van der Waals surface area contributed by atoms with Gasteiger partial charge in [0, 0.05) is 6.61 Å². The summed E-state index contributed by atoms with van der Waals surface area (Å²) in [6, 6.07) is 0.382. The van der Waals surface area contributed by atoms with E-state index in [1.54, 1.807) is 6.20 Å². The summed E-state index contributed by atoms with van der Waals surface area (Å²) < 4.78 is 7.95. The van der Waals surface area contributed by atoms with Crippen molar-refractivity contribution in [2.75, 3.05) is 18.1 Å². The summed E-state index contributed by atoms with van der Waals surface area (Å²) in [6.45, 7) is 0.815. The van der Waals surface area contributed by atoms with Crippen LogP contribution in [-0.4, -0.2) is 38.6 Å². The second kappa shape index (κ2) is 4.53. The fourth-order valence-corrected chi connectivity index (χ4v) is 4.08. The van der Waals surface area contributed by atoms with Gasteiger partial charge in [0.15, 0.2) is 5.75 Å². The summed E-state index contributed by atoms with van der Waals surface area (Å²) in [5.74, 6) is 2.67. The number of thioether (sulfide) groups is 1. The summed E-state index contributed by atoms with van der Waals surface area (Å²) >= 11 is 2.02. The number of nitrogens with zero attached hydrogens (tertiary/aromatic N) is 2. The summed E-state index contributed by atoms with van der Waals surface area (Å²) in [6.07, 6.45) is 7.58. The van der Waals surface area contributed by atoms with Gasteiger partial charge in [-0.05, 0) is 37.2 Å². The van der Waals surface area contributed by atoms with Gasteiger partial charge in [-0.2, -0.15) is 16.9 Å². The summed E-state index contributed by atoms with van der Waals surface area (Å²) in [5.41, 5.74) is 0.0791. The van der Waals surface area contributed by atoms with Crippen LogP contribution in [0.5, 0.6) is 5.75 Å². The van der Waals surface area contributed by atoms with E-state index in [1.807, 2.05) is 16.4 Å². The minimum atomic E-state index is 0.0791. The van der Waals surface area contributed by atoms with Crippen LogP contribution in [0.3, 0.4) is 0 Å². The van der Waals surface area contributed by atoms with Crippen molar-refractivity contribution in [3.8, 4) is 5.75 Å². The Kier molecular flexibility index (Phi) is 3.04. The zero-order valence-corrected chi connectivity index (χ0v) is 10.7. The van der Waals surface area contributed by atoms with Gasteiger partial charge in [0.1, 0.15) is 0 Å². The lowest BCUT2D eigenvalue weighted by atomic mass is 9.85. The Balaban J connectivity index is 1.74. The van der Waals surface area contributed by atoms with Crippen molar-refractivity contribution in [1.82, 2.24) is 9.78 Å². The summed E-state index contributed by atoms with van der Waals surface area (Å²) in [7, 11) is 0. The van der Waals surface area contributed by atoms with Crippen molar-refractivity contribution in [3.63, 3.8) is 0 Å². The average molecular weight is 254 g/mol. The minimum absolute atomic E-state index is 0.0791. The molecule has 1 unspecified atom stereocenters. The highest BCUT2D eigenvalue weighted by atomic mass is 32.2. The zero-order chi connectivity index (χ0) is 11.7. The van der Waals surface area contributed by atoms with E-state index in [-0.39, 0.29) is 11.4 Å². The van der Waals surface area contributed by atoms with E-state index in [1.165, 1.54) is 17.7 Å². The molecule has 0 radical (unpaired) electrons. The predicted octanol–water partition coefficient (Wildman–Crippen LogP) is 2.21. The molecule has 0 amide bonds. The molecule has 1 atom stereocenters. The standard InChI is InChI=1S/C12H18N2O2S/c15-11-8-13-14(9-11)10-1-4-16-12(7-10)2-5-17-6-3-12/h8-10,15H,1-7H2. The van der Waals surface area contributed by atoms with Crippen LogP contribution in [0.4, 0.5) is 0 Å². The minimum Gasteiger partial charge on any atom is -0.505 e. The molecule has 3 rings (SSSR count). The van der Waals surface area contributed by atoms with Crippen LogP contribution in [0.25, 0.3) is 0 Å². The van der Waals surface area contributed by atoms with Gasteiger partial charge in [-0.15, -0.1) is 0 Å². The molecule has 4 nitrogen and oxygen atoms in total. The summed E-state index contributed by atoms with van der Waals surface area (Å²) in [4.78, 5) is 0. The van der Waals surface area contributed by atoms with E-state index in [0.717, 1.165) is 32.3 Å². The molecule has 2 aliphatic heterocycles. The van der Waals surface area contributed by atoms with E-state index in [9.17, 15) is 5.11 Å². The number of rotatable bonds is 1. The maximum Gasteiger partial charge on any atom is 0.153 e. The van der Waals surface area contributed by atoms with E-state index in [4.69, 9.17) is 4.74 Å². The van der Waals surface area contributed by atoms with Crippen LogP contribution >= 0.6 is 11.8 Å². The Hall–Kier alpha value is -0.680. The maximum atomic E-state index is 9.37. The number of aromatic nitrogens is 2. The van der Waals surface area contributed by atoms with E-state index in [0.29, 0.717) is 6.04 Å². The number of aromatic hydroxyl groups is 1. The Morgan fingerprint density at radius 1 is 1.47 bits per heavy atom. The first kappa shape index (κ1) is 11.4. The number of hydrogen-bond donors (Lipinski definition) is 1. The molecular formula is C12H18N2O2S. The monoisotopic (exact) mass is 254 g/mol. The molecule has 2 saturated heterocycles. The first-order valence-corrected chi connectivity index (χ1v) is 7.38. The van der Waals surface area contributed by atoms with Crippen LogP contribution in [0, 0.1) is 0 Å². The highest BCUT2D eigenvalue weighted by Gasteiger charge is 2.39. The van der Waals surface area contributed by atoms with Gasteiger partial charge < -0.3 is 9.84 Å². The van der Waals surface area contributed by atoms with Gasteiger partial charge >= 0.3 is 0 Å². The van der Waals surface area contributed by atoms with Crippen molar-refractivity contribution >= 4 is 11.8 Å². The zero-order valence-electron chi connectivity index (χ0n) is 9.84.